The van der Waals surface area contributed by atoms with Crippen molar-refractivity contribution in [2.75, 3.05) is 14.2 Å². The summed E-state index contributed by atoms with van der Waals surface area (Å²) < 4.78 is 12.8. The minimum absolute atomic E-state index is 0.0148. The molecule has 0 aliphatic heterocycles. The summed E-state index contributed by atoms with van der Waals surface area (Å²) in [6, 6.07) is 16.9. The summed E-state index contributed by atoms with van der Waals surface area (Å²) in [5, 5.41) is 0. The number of fused-ring (bicyclic) bond motifs is 3. The number of rotatable bonds is 4. The minimum atomic E-state index is -0.772. The highest BCUT2D eigenvalue weighted by Gasteiger charge is 2.28. The van der Waals surface area contributed by atoms with Crippen LogP contribution in [0, 0.1) is 0 Å². The molecule has 0 radical (unpaired) electrons. The molecule has 4 rings (SSSR count). The Kier molecular flexibility index (Phi) is 4.64. The first kappa shape index (κ1) is 18.5. The van der Waals surface area contributed by atoms with E-state index in [4.69, 9.17) is 9.47 Å². The second-order valence-electron chi connectivity index (χ2n) is 6.49. The van der Waals surface area contributed by atoms with E-state index in [0.717, 1.165) is 5.56 Å². The van der Waals surface area contributed by atoms with Crippen molar-refractivity contribution in [2.45, 2.75) is 6.54 Å². The number of ether oxygens (including phenoxy) is 2. The Balaban J connectivity index is 2.13. The molecule has 0 spiro atoms. The first-order valence-corrected chi connectivity index (χ1v) is 8.94. The number of para-hydroxylation sites is 2. The summed E-state index contributed by atoms with van der Waals surface area (Å²) in [7, 11) is 2.42. The molecule has 4 aromatic rings. The van der Waals surface area contributed by atoms with Gasteiger partial charge in [-0.25, -0.2) is 9.59 Å². The molecule has 0 unspecified atom stereocenters. The molecule has 0 aliphatic rings. The Bertz CT molecular complexity index is 1300. The van der Waals surface area contributed by atoms with E-state index < -0.39 is 17.5 Å². The van der Waals surface area contributed by atoms with Crippen molar-refractivity contribution in [2.24, 2.45) is 0 Å². The molecule has 0 fully saturated rings. The normalized spacial score (nSPS) is 11.0. The lowest BCUT2D eigenvalue weighted by Gasteiger charge is -2.13. The van der Waals surface area contributed by atoms with Gasteiger partial charge in [0.25, 0.3) is 5.56 Å². The average Bonchev–Trinajstić information content (AvgIpc) is 3.17. The van der Waals surface area contributed by atoms with Crippen molar-refractivity contribution in [1.82, 2.24) is 8.97 Å². The minimum Gasteiger partial charge on any atom is -0.465 e. The van der Waals surface area contributed by atoms with E-state index in [-0.39, 0.29) is 16.6 Å². The number of aromatic nitrogens is 2. The van der Waals surface area contributed by atoms with E-state index in [0.29, 0.717) is 17.6 Å². The van der Waals surface area contributed by atoms with Crippen LogP contribution in [0.1, 0.15) is 26.3 Å². The number of benzene rings is 2. The number of nitrogens with zero attached hydrogens (tertiary/aromatic N) is 2. The van der Waals surface area contributed by atoms with E-state index in [2.05, 4.69) is 0 Å². The van der Waals surface area contributed by atoms with Crippen LogP contribution in [0.15, 0.2) is 65.6 Å². The van der Waals surface area contributed by atoms with Crippen molar-refractivity contribution in [3.63, 3.8) is 0 Å². The summed E-state index contributed by atoms with van der Waals surface area (Å²) in [5.41, 5.74) is 1.85. The van der Waals surface area contributed by atoms with E-state index in [9.17, 15) is 14.4 Å². The second-order valence-corrected chi connectivity index (χ2v) is 6.49. The summed E-state index contributed by atoms with van der Waals surface area (Å²) in [5.74, 6) is -1.49. The predicted octanol–water partition coefficient (Wildman–Crippen LogP) is 2.88. The molecule has 2 aromatic carbocycles. The fourth-order valence-corrected chi connectivity index (χ4v) is 3.54. The van der Waals surface area contributed by atoms with Crippen LogP contribution in [0.3, 0.4) is 0 Å². The van der Waals surface area contributed by atoms with Crippen LogP contribution in [-0.4, -0.2) is 35.1 Å². The maximum Gasteiger partial charge on any atom is 0.341 e. The second kappa shape index (κ2) is 7.27. The summed E-state index contributed by atoms with van der Waals surface area (Å²) in [4.78, 5) is 38.3. The van der Waals surface area contributed by atoms with Gasteiger partial charge in [-0.05, 0) is 17.7 Å². The van der Waals surface area contributed by atoms with Gasteiger partial charge in [-0.1, -0.05) is 42.5 Å². The van der Waals surface area contributed by atoms with Crippen molar-refractivity contribution in [3.05, 3.63) is 87.8 Å². The zero-order valence-corrected chi connectivity index (χ0v) is 15.9. The number of esters is 2. The number of hydrogen-bond acceptors (Lipinski definition) is 5. The van der Waals surface area contributed by atoms with E-state index in [1.54, 1.807) is 8.97 Å². The van der Waals surface area contributed by atoms with Crippen LogP contribution >= 0.6 is 0 Å². The third-order valence-electron chi connectivity index (χ3n) is 4.86. The summed E-state index contributed by atoms with van der Waals surface area (Å²) in [6.07, 6.45) is 1.45. The van der Waals surface area contributed by atoms with Crippen molar-refractivity contribution >= 4 is 28.5 Å². The number of carbonyl (C=O) groups excluding carboxylic acids is 2. The highest BCUT2D eigenvalue weighted by atomic mass is 16.5. The number of hydrogen-bond donors (Lipinski definition) is 0. The fraction of sp³-hybridized carbons (Fsp3) is 0.136. The summed E-state index contributed by atoms with van der Waals surface area (Å²) >= 11 is 0. The highest BCUT2D eigenvalue weighted by Crippen LogP contribution is 2.24. The standard InChI is InChI=1S/C22H18N2O5/c1-28-21(26)15-13-23-16-10-6-7-11-17(16)24(12-14-8-4-3-5-9-14)20(25)19(23)18(15)22(27)29-2/h3-11,13H,12H2,1-2H3. The van der Waals surface area contributed by atoms with Gasteiger partial charge < -0.3 is 18.4 Å². The van der Waals surface area contributed by atoms with Gasteiger partial charge in [0.15, 0.2) is 0 Å². The first-order chi connectivity index (χ1) is 14.1. The molecule has 0 atom stereocenters. The molecule has 2 heterocycles. The van der Waals surface area contributed by atoms with Gasteiger partial charge in [0.05, 0.1) is 37.4 Å². The Hall–Kier alpha value is -3.87. The Morgan fingerprint density at radius 2 is 1.48 bits per heavy atom. The maximum absolute atomic E-state index is 13.5. The van der Waals surface area contributed by atoms with Gasteiger partial charge in [0.2, 0.25) is 0 Å². The molecular weight excluding hydrogens is 372 g/mol. The quantitative estimate of drug-likeness (QED) is 0.501. The molecule has 146 valence electrons. The van der Waals surface area contributed by atoms with Gasteiger partial charge in [0.1, 0.15) is 11.1 Å². The smallest absolute Gasteiger partial charge is 0.341 e. The van der Waals surface area contributed by atoms with Crippen molar-refractivity contribution < 1.29 is 19.1 Å². The summed E-state index contributed by atoms with van der Waals surface area (Å²) in [6.45, 7) is 0.316. The fourth-order valence-electron chi connectivity index (χ4n) is 3.54. The lowest BCUT2D eigenvalue weighted by molar-refractivity contribution is 0.0558. The third kappa shape index (κ3) is 2.97. The Morgan fingerprint density at radius 1 is 0.862 bits per heavy atom. The molecule has 0 saturated carbocycles. The van der Waals surface area contributed by atoms with Crippen LogP contribution in [0.2, 0.25) is 0 Å². The van der Waals surface area contributed by atoms with Crippen molar-refractivity contribution in [1.29, 1.82) is 0 Å². The van der Waals surface area contributed by atoms with Gasteiger partial charge in [-0.15, -0.1) is 0 Å². The Morgan fingerprint density at radius 3 is 2.14 bits per heavy atom. The molecule has 2 aromatic heterocycles. The lowest BCUT2D eigenvalue weighted by Crippen LogP contribution is -2.25. The molecule has 0 bridgehead atoms. The van der Waals surface area contributed by atoms with Crippen LogP contribution in [0.5, 0.6) is 0 Å². The maximum atomic E-state index is 13.5. The molecule has 29 heavy (non-hydrogen) atoms. The predicted molar refractivity (Wildman–Crippen MR) is 107 cm³/mol. The average molecular weight is 390 g/mol. The van der Waals surface area contributed by atoms with Crippen LogP contribution in [-0.2, 0) is 16.0 Å². The lowest BCUT2D eigenvalue weighted by atomic mass is 10.1. The van der Waals surface area contributed by atoms with Crippen molar-refractivity contribution in [3.8, 4) is 0 Å². The van der Waals surface area contributed by atoms with Gasteiger partial charge >= 0.3 is 11.9 Å². The van der Waals surface area contributed by atoms with E-state index in [1.165, 1.54) is 20.4 Å². The van der Waals surface area contributed by atoms with E-state index >= 15 is 0 Å². The van der Waals surface area contributed by atoms with Crippen LogP contribution in [0.4, 0.5) is 0 Å². The molecule has 7 heteroatoms. The van der Waals surface area contributed by atoms with Gasteiger partial charge in [-0.2, -0.15) is 0 Å². The molecule has 0 saturated heterocycles. The first-order valence-electron chi connectivity index (χ1n) is 8.94. The number of methoxy groups -OCH3 is 2. The topological polar surface area (TPSA) is 79.0 Å². The zero-order valence-electron chi connectivity index (χ0n) is 15.9. The van der Waals surface area contributed by atoms with Gasteiger partial charge in [-0.3, -0.25) is 4.79 Å². The van der Waals surface area contributed by atoms with Gasteiger partial charge in [0, 0.05) is 6.20 Å². The third-order valence-corrected chi connectivity index (χ3v) is 4.86. The number of carbonyl (C=O) groups is 2. The van der Waals surface area contributed by atoms with Crippen LogP contribution < -0.4 is 5.56 Å². The van der Waals surface area contributed by atoms with E-state index in [1.807, 2.05) is 54.6 Å². The largest absolute Gasteiger partial charge is 0.465 e. The zero-order chi connectivity index (χ0) is 20.5. The molecule has 7 nitrogen and oxygen atoms in total. The molecule has 0 N–H and O–H groups in total. The Labute approximate surface area is 165 Å². The van der Waals surface area contributed by atoms with Crippen LogP contribution in [0.25, 0.3) is 16.6 Å². The molecule has 0 amide bonds. The SMILES string of the molecule is COC(=O)c1cn2c(c1C(=O)OC)c(=O)n(Cc1ccccc1)c1ccccc12. The monoisotopic (exact) mass is 390 g/mol. The highest BCUT2D eigenvalue weighted by molar-refractivity contribution is 6.09. The molecule has 0 aliphatic carbocycles. The molecular formula is C22H18N2O5.